The van der Waals surface area contributed by atoms with E-state index in [1.807, 2.05) is 24.3 Å². The highest BCUT2D eigenvalue weighted by molar-refractivity contribution is 9.10. The highest BCUT2D eigenvalue weighted by Gasteiger charge is 2.39. The molecule has 0 aliphatic carbocycles. The molecule has 0 bridgehead atoms. The molecule has 1 heterocycles. The second-order valence-corrected chi connectivity index (χ2v) is 4.69. The number of halogens is 1. The Morgan fingerprint density at radius 1 is 1.44 bits per heavy atom. The average molecular weight is 283 g/mol. The van der Waals surface area contributed by atoms with Crippen molar-refractivity contribution in [3.63, 3.8) is 0 Å². The van der Waals surface area contributed by atoms with E-state index in [1.165, 1.54) is 4.90 Å². The van der Waals surface area contributed by atoms with Gasteiger partial charge in [-0.25, -0.2) is 0 Å². The van der Waals surface area contributed by atoms with Crippen LogP contribution in [0.25, 0.3) is 0 Å². The van der Waals surface area contributed by atoms with Crippen LogP contribution in [0.2, 0.25) is 0 Å². The zero-order valence-electron chi connectivity index (χ0n) is 8.52. The molecule has 0 saturated carbocycles. The van der Waals surface area contributed by atoms with Gasteiger partial charge in [-0.05, 0) is 17.7 Å². The summed E-state index contributed by atoms with van der Waals surface area (Å²) in [4.78, 5) is 23.8. The van der Waals surface area contributed by atoms with Crippen LogP contribution in [0.5, 0.6) is 0 Å². The Morgan fingerprint density at radius 3 is 2.56 bits per heavy atom. The molecule has 1 fully saturated rings. The standard InChI is InChI=1S/C11H11BrN2O2/c12-8-3-1-7(2-4-8)6-14-9(11(13)16)5-10(14)15/h1-4,9H,5-6H2,(H2,13,16)/t9-/m0/s1. The number of amides is 2. The van der Waals surface area contributed by atoms with Crippen LogP contribution >= 0.6 is 15.9 Å². The zero-order chi connectivity index (χ0) is 11.7. The van der Waals surface area contributed by atoms with E-state index in [0.717, 1.165) is 10.0 Å². The summed E-state index contributed by atoms with van der Waals surface area (Å²) in [6.45, 7) is 0.444. The number of hydrogen-bond acceptors (Lipinski definition) is 2. The third-order valence-electron chi connectivity index (χ3n) is 2.66. The average Bonchev–Trinajstić information content (AvgIpc) is 2.24. The van der Waals surface area contributed by atoms with Gasteiger partial charge in [0.15, 0.2) is 0 Å². The number of benzene rings is 1. The second kappa shape index (κ2) is 4.25. The first-order valence-electron chi connectivity index (χ1n) is 4.91. The fourth-order valence-corrected chi connectivity index (χ4v) is 1.96. The molecular formula is C11H11BrN2O2. The monoisotopic (exact) mass is 282 g/mol. The van der Waals surface area contributed by atoms with Crippen molar-refractivity contribution in [3.8, 4) is 0 Å². The molecule has 2 rings (SSSR count). The van der Waals surface area contributed by atoms with E-state index >= 15 is 0 Å². The lowest BCUT2D eigenvalue weighted by molar-refractivity contribution is -0.153. The first-order valence-corrected chi connectivity index (χ1v) is 5.70. The molecule has 2 N–H and O–H groups in total. The van der Waals surface area contributed by atoms with Crippen molar-refractivity contribution in [2.24, 2.45) is 5.73 Å². The van der Waals surface area contributed by atoms with Crippen LogP contribution in [0.15, 0.2) is 28.7 Å². The first-order chi connectivity index (χ1) is 7.58. The molecule has 1 saturated heterocycles. The molecule has 84 valence electrons. The lowest BCUT2D eigenvalue weighted by atomic mass is 10.00. The van der Waals surface area contributed by atoms with E-state index in [9.17, 15) is 9.59 Å². The number of rotatable bonds is 3. The SMILES string of the molecule is NC(=O)[C@@H]1CC(=O)N1Cc1ccc(Br)cc1. The topological polar surface area (TPSA) is 63.4 Å². The van der Waals surface area contributed by atoms with Gasteiger partial charge in [-0.3, -0.25) is 9.59 Å². The summed E-state index contributed by atoms with van der Waals surface area (Å²) in [5.74, 6) is -0.455. The number of carbonyl (C=O) groups is 2. The maximum Gasteiger partial charge on any atom is 0.240 e. The Labute approximate surface area is 102 Å². The fourth-order valence-electron chi connectivity index (χ4n) is 1.69. The van der Waals surface area contributed by atoms with Crippen LogP contribution in [0.4, 0.5) is 0 Å². The fraction of sp³-hybridized carbons (Fsp3) is 0.273. The number of likely N-dealkylation sites (tertiary alicyclic amines) is 1. The highest BCUT2D eigenvalue weighted by atomic mass is 79.9. The van der Waals surface area contributed by atoms with Crippen LogP contribution in [0.1, 0.15) is 12.0 Å². The predicted molar refractivity (Wildman–Crippen MR) is 62.3 cm³/mol. The quantitative estimate of drug-likeness (QED) is 0.842. The van der Waals surface area contributed by atoms with E-state index in [4.69, 9.17) is 5.73 Å². The minimum Gasteiger partial charge on any atom is -0.368 e. The Morgan fingerprint density at radius 2 is 2.06 bits per heavy atom. The molecule has 1 aliphatic heterocycles. The van der Waals surface area contributed by atoms with Crippen molar-refractivity contribution >= 4 is 27.7 Å². The van der Waals surface area contributed by atoms with Crippen LogP contribution < -0.4 is 5.73 Å². The molecule has 1 aromatic carbocycles. The number of primary amides is 1. The van der Waals surface area contributed by atoms with Gasteiger partial charge in [-0.15, -0.1) is 0 Å². The van der Waals surface area contributed by atoms with E-state index < -0.39 is 11.9 Å². The van der Waals surface area contributed by atoms with Gasteiger partial charge < -0.3 is 10.6 Å². The molecule has 1 aromatic rings. The Balaban J connectivity index is 2.06. The van der Waals surface area contributed by atoms with Crippen LogP contribution in [-0.2, 0) is 16.1 Å². The molecule has 16 heavy (non-hydrogen) atoms. The summed E-state index contributed by atoms with van der Waals surface area (Å²) in [6.07, 6.45) is 0.242. The molecule has 0 spiro atoms. The number of hydrogen-bond donors (Lipinski definition) is 1. The molecule has 0 unspecified atom stereocenters. The third kappa shape index (κ3) is 2.09. The molecule has 5 heteroatoms. The van der Waals surface area contributed by atoms with Crippen molar-refractivity contribution in [2.75, 3.05) is 0 Å². The molecule has 0 radical (unpaired) electrons. The van der Waals surface area contributed by atoms with Gasteiger partial charge in [0.2, 0.25) is 11.8 Å². The highest BCUT2D eigenvalue weighted by Crippen LogP contribution is 2.22. The minimum absolute atomic E-state index is 0.0216. The predicted octanol–water partition coefficient (Wildman–Crippen LogP) is 1.04. The molecule has 1 atom stereocenters. The normalized spacial score (nSPS) is 19.4. The van der Waals surface area contributed by atoms with E-state index in [2.05, 4.69) is 15.9 Å². The van der Waals surface area contributed by atoms with Gasteiger partial charge >= 0.3 is 0 Å². The van der Waals surface area contributed by atoms with Gasteiger partial charge in [-0.2, -0.15) is 0 Å². The summed E-state index contributed by atoms with van der Waals surface area (Å²) >= 11 is 3.34. The van der Waals surface area contributed by atoms with E-state index in [-0.39, 0.29) is 12.3 Å². The first kappa shape index (κ1) is 11.1. The molecule has 0 aromatic heterocycles. The summed E-state index contributed by atoms with van der Waals surface area (Å²) in [6, 6.07) is 7.19. The van der Waals surface area contributed by atoms with E-state index in [0.29, 0.717) is 6.54 Å². The molecule has 2 amide bonds. The lowest BCUT2D eigenvalue weighted by Crippen LogP contribution is -2.57. The maximum atomic E-state index is 11.3. The second-order valence-electron chi connectivity index (χ2n) is 3.77. The van der Waals surface area contributed by atoms with Crippen LogP contribution in [-0.4, -0.2) is 22.8 Å². The van der Waals surface area contributed by atoms with Gasteiger partial charge in [0.05, 0.1) is 6.42 Å². The van der Waals surface area contributed by atoms with Crippen molar-refractivity contribution in [1.29, 1.82) is 0 Å². The van der Waals surface area contributed by atoms with Gasteiger partial charge in [0.25, 0.3) is 0 Å². The number of nitrogens with two attached hydrogens (primary N) is 1. The maximum absolute atomic E-state index is 11.3. The van der Waals surface area contributed by atoms with Crippen LogP contribution in [0.3, 0.4) is 0 Å². The van der Waals surface area contributed by atoms with Crippen molar-refractivity contribution in [2.45, 2.75) is 19.0 Å². The minimum atomic E-state index is -0.434. The smallest absolute Gasteiger partial charge is 0.240 e. The number of β-lactam (4-membered cyclic amide) rings is 1. The Bertz CT molecular complexity index is 430. The van der Waals surface area contributed by atoms with Crippen molar-refractivity contribution < 1.29 is 9.59 Å². The molecular weight excluding hydrogens is 272 g/mol. The lowest BCUT2D eigenvalue weighted by Gasteiger charge is -2.38. The molecule has 1 aliphatic rings. The Hall–Kier alpha value is -1.36. The molecule has 4 nitrogen and oxygen atoms in total. The van der Waals surface area contributed by atoms with E-state index in [1.54, 1.807) is 0 Å². The third-order valence-corrected chi connectivity index (χ3v) is 3.19. The largest absolute Gasteiger partial charge is 0.368 e. The van der Waals surface area contributed by atoms with Crippen molar-refractivity contribution in [1.82, 2.24) is 4.90 Å². The number of nitrogens with zero attached hydrogens (tertiary/aromatic N) is 1. The number of carbonyl (C=O) groups excluding carboxylic acids is 2. The summed E-state index contributed by atoms with van der Waals surface area (Å²) in [7, 11) is 0. The van der Waals surface area contributed by atoms with Crippen LogP contribution in [0, 0.1) is 0 Å². The summed E-state index contributed by atoms with van der Waals surface area (Å²) < 4.78 is 0.984. The van der Waals surface area contributed by atoms with Gasteiger partial charge in [-0.1, -0.05) is 28.1 Å². The van der Waals surface area contributed by atoms with Gasteiger partial charge in [0.1, 0.15) is 6.04 Å². The van der Waals surface area contributed by atoms with Gasteiger partial charge in [0, 0.05) is 11.0 Å². The Kier molecular flexibility index (Phi) is 2.96. The summed E-state index contributed by atoms with van der Waals surface area (Å²) in [5, 5.41) is 0. The summed E-state index contributed by atoms with van der Waals surface area (Å²) in [5.41, 5.74) is 6.18. The van der Waals surface area contributed by atoms with Crippen molar-refractivity contribution in [3.05, 3.63) is 34.3 Å². The zero-order valence-corrected chi connectivity index (χ0v) is 10.1.